The summed E-state index contributed by atoms with van der Waals surface area (Å²) in [5.41, 5.74) is 3.81. The van der Waals surface area contributed by atoms with Gasteiger partial charge < -0.3 is 31.4 Å². The molecule has 0 aliphatic carbocycles. The van der Waals surface area contributed by atoms with E-state index >= 15 is 0 Å². The van der Waals surface area contributed by atoms with Crippen molar-refractivity contribution in [1.29, 1.82) is 0 Å². The summed E-state index contributed by atoms with van der Waals surface area (Å²) in [6.07, 6.45) is 0. The first-order valence-electron chi connectivity index (χ1n) is 4.95. The van der Waals surface area contributed by atoms with Crippen LogP contribution in [0.25, 0.3) is 0 Å². The maximum absolute atomic E-state index is 5.61. The lowest BCUT2D eigenvalue weighted by molar-refractivity contribution is -0.363. The zero-order valence-electron chi connectivity index (χ0n) is 9.35. The second-order valence-corrected chi connectivity index (χ2v) is 5.32. The van der Waals surface area contributed by atoms with Crippen LogP contribution in [0.15, 0.2) is 0 Å². The molecule has 6 heteroatoms. The van der Waals surface area contributed by atoms with E-state index in [1.807, 2.05) is 20.8 Å². The highest BCUT2D eigenvalue weighted by atomic mass is 35.5. The van der Waals surface area contributed by atoms with E-state index in [4.69, 9.17) is 13.3 Å². The van der Waals surface area contributed by atoms with Gasteiger partial charge in [0.1, 0.15) is 0 Å². The van der Waals surface area contributed by atoms with Crippen LogP contribution in [0, 0.1) is 0 Å². The smallest absolute Gasteiger partial charge is 0.506 e. The lowest BCUT2D eigenvalue weighted by atomic mass is 10.8. The predicted octanol–water partition coefficient (Wildman–Crippen LogP) is -2.72. The fourth-order valence-corrected chi connectivity index (χ4v) is 3.65. The van der Waals surface area contributed by atoms with Gasteiger partial charge in [0.25, 0.3) is 0 Å². The molecule has 4 nitrogen and oxygen atoms in total. The molecule has 0 aromatic carbocycles. The second-order valence-electron chi connectivity index (χ2n) is 2.59. The first-order chi connectivity index (χ1) is 6.24. The van der Waals surface area contributed by atoms with Gasteiger partial charge in [0.2, 0.25) is 0 Å². The third-order valence-electron chi connectivity index (χ3n) is 1.58. The topological polar surface area (TPSA) is 55.3 Å². The first kappa shape index (κ1) is 16.8. The number of halogens is 1. The standard InChI is InChI=1S/C8H21NO3Si.ClH/c1-4-10-13(8-7-9,11-5-2)12-6-3;/h4-9H2,1-3H3;1H. The Morgan fingerprint density at radius 2 is 1.29 bits per heavy atom. The van der Waals surface area contributed by atoms with Crippen molar-refractivity contribution < 1.29 is 31.4 Å². The summed E-state index contributed by atoms with van der Waals surface area (Å²) < 4.78 is 16.8. The normalized spacial score (nSPS) is 11.1. The predicted molar refractivity (Wildman–Crippen MR) is 53.2 cm³/mol. The fraction of sp³-hybridized carbons (Fsp3) is 1.00. The zero-order chi connectivity index (χ0) is 10.2. The molecule has 0 unspecified atom stereocenters. The molecule has 0 aromatic rings. The highest BCUT2D eigenvalue weighted by Crippen LogP contribution is 2.14. The van der Waals surface area contributed by atoms with Crippen molar-refractivity contribution in [3.05, 3.63) is 0 Å². The summed E-state index contributed by atoms with van der Waals surface area (Å²) in [6.45, 7) is 8.62. The van der Waals surface area contributed by atoms with Gasteiger partial charge in [-0.15, -0.1) is 0 Å². The number of hydrogen-bond acceptors (Lipinski definition) is 3. The first-order valence-corrected chi connectivity index (χ1v) is 6.89. The Hall–Kier alpha value is 0.347. The van der Waals surface area contributed by atoms with E-state index < -0.39 is 8.80 Å². The molecule has 0 saturated carbocycles. The zero-order valence-corrected chi connectivity index (χ0v) is 11.1. The Balaban J connectivity index is 0. The van der Waals surface area contributed by atoms with Crippen LogP contribution in [-0.4, -0.2) is 35.2 Å². The molecule has 0 amide bonds. The maximum atomic E-state index is 5.61. The van der Waals surface area contributed by atoms with Crippen LogP contribution in [0.3, 0.4) is 0 Å². The van der Waals surface area contributed by atoms with Crippen molar-refractivity contribution in [2.75, 3.05) is 26.4 Å². The van der Waals surface area contributed by atoms with E-state index in [0.717, 1.165) is 12.6 Å². The summed E-state index contributed by atoms with van der Waals surface area (Å²) in [6, 6.07) is 0.808. The molecule has 3 N–H and O–H groups in total. The Labute approximate surface area is 93.9 Å². The lowest BCUT2D eigenvalue weighted by Crippen LogP contribution is -3.00. The van der Waals surface area contributed by atoms with Crippen LogP contribution in [0.4, 0.5) is 0 Å². The number of hydrogen-bond donors (Lipinski definition) is 1. The largest absolute Gasteiger partial charge is 1.00 e. The quantitative estimate of drug-likeness (QED) is 0.472. The van der Waals surface area contributed by atoms with Crippen molar-refractivity contribution in [3.8, 4) is 0 Å². The molecule has 0 heterocycles. The molecular weight excluding hydrogens is 222 g/mol. The highest BCUT2D eigenvalue weighted by Gasteiger charge is 2.40. The molecule has 0 aliphatic heterocycles. The van der Waals surface area contributed by atoms with E-state index in [1.165, 1.54) is 0 Å². The van der Waals surface area contributed by atoms with Gasteiger partial charge in [-0.25, -0.2) is 0 Å². The van der Waals surface area contributed by atoms with Crippen LogP contribution < -0.4 is 18.1 Å². The minimum atomic E-state index is -2.36. The third-order valence-corrected chi connectivity index (χ3v) is 4.73. The molecular formula is C8H22ClNO3Si. The Bertz CT molecular complexity index is 99.6. The van der Waals surface area contributed by atoms with Gasteiger partial charge in [0.05, 0.1) is 12.6 Å². The maximum Gasteiger partial charge on any atom is 0.506 e. The van der Waals surface area contributed by atoms with Crippen molar-refractivity contribution in [2.45, 2.75) is 26.8 Å². The molecule has 0 bridgehead atoms. The Morgan fingerprint density at radius 3 is 1.50 bits per heavy atom. The van der Waals surface area contributed by atoms with E-state index in [0.29, 0.717) is 19.8 Å². The Morgan fingerprint density at radius 1 is 0.929 bits per heavy atom. The summed E-state index contributed by atoms with van der Waals surface area (Å²) >= 11 is 0. The van der Waals surface area contributed by atoms with Gasteiger partial charge in [-0.2, -0.15) is 0 Å². The summed E-state index contributed by atoms with van der Waals surface area (Å²) in [4.78, 5) is 0. The van der Waals surface area contributed by atoms with E-state index in [2.05, 4.69) is 5.73 Å². The molecule has 0 radical (unpaired) electrons. The summed E-state index contributed by atoms with van der Waals surface area (Å²) in [7, 11) is -2.36. The van der Waals surface area contributed by atoms with Crippen molar-refractivity contribution in [1.82, 2.24) is 0 Å². The van der Waals surface area contributed by atoms with Crippen LogP contribution >= 0.6 is 0 Å². The van der Waals surface area contributed by atoms with Gasteiger partial charge in [0.15, 0.2) is 0 Å². The van der Waals surface area contributed by atoms with Gasteiger partial charge >= 0.3 is 8.80 Å². The van der Waals surface area contributed by atoms with E-state index in [1.54, 1.807) is 0 Å². The number of rotatable bonds is 8. The Kier molecular flexibility index (Phi) is 11.8. The van der Waals surface area contributed by atoms with Gasteiger partial charge in [0, 0.05) is 19.8 Å². The molecule has 0 aromatic heterocycles. The average molecular weight is 244 g/mol. The average Bonchev–Trinajstić information content (AvgIpc) is 2.06. The van der Waals surface area contributed by atoms with Crippen LogP contribution in [0.1, 0.15) is 20.8 Å². The third kappa shape index (κ3) is 5.95. The van der Waals surface area contributed by atoms with Crippen LogP contribution in [-0.2, 0) is 13.3 Å². The summed E-state index contributed by atoms with van der Waals surface area (Å²) in [5.74, 6) is 0. The molecule has 0 atom stereocenters. The molecule has 0 aliphatic rings. The highest BCUT2D eigenvalue weighted by molar-refractivity contribution is 6.60. The van der Waals surface area contributed by atoms with E-state index in [9.17, 15) is 0 Å². The lowest BCUT2D eigenvalue weighted by Gasteiger charge is -2.27. The van der Waals surface area contributed by atoms with Gasteiger partial charge in [-0.3, -0.25) is 0 Å². The van der Waals surface area contributed by atoms with Crippen molar-refractivity contribution in [2.24, 2.45) is 0 Å². The fourth-order valence-electron chi connectivity index (χ4n) is 1.22. The number of quaternary nitrogens is 1. The SMILES string of the molecule is CCO[Si](CC[NH3+])(OCC)OCC.[Cl-]. The van der Waals surface area contributed by atoms with Crippen LogP contribution in [0.5, 0.6) is 0 Å². The van der Waals surface area contributed by atoms with Gasteiger partial charge in [-0.1, -0.05) is 0 Å². The van der Waals surface area contributed by atoms with Crippen molar-refractivity contribution >= 4 is 8.80 Å². The molecule has 0 saturated heterocycles. The molecule has 88 valence electrons. The molecule has 0 spiro atoms. The molecule has 0 rings (SSSR count). The molecule has 14 heavy (non-hydrogen) atoms. The second kappa shape index (κ2) is 9.89. The van der Waals surface area contributed by atoms with Crippen LogP contribution in [0.2, 0.25) is 6.04 Å². The van der Waals surface area contributed by atoms with Crippen molar-refractivity contribution in [3.63, 3.8) is 0 Å². The minimum Gasteiger partial charge on any atom is -1.00 e. The minimum absolute atomic E-state index is 0. The summed E-state index contributed by atoms with van der Waals surface area (Å²) in [5, 5.41) is 0. The van der Waals surface area contributed by atoms with E-state index in [-0.39, 0.29) is 12.4 Å². The van der Waals surface area contributed by atoms with Gasteiger partial charge in [-0.05, 0) is 20.8 Å². The monoisotopic (exact) mass is 243 g/mol. The molecule has 0 fully saturated rings.